The molecule has 0 spiro atoms. The van der Waals surface area contributed by atoms with Crippen molar-refractivity contribution in [3.8, 4) is 0 Å². The molecule has 1 aromatic carbocycles. The van der Waals surface area contributed by atoms with Crippen LogP contribution in [0.2, 0.25) is 5.02 Å². The summed E-state index contributed by atoms with van der Waals surface area (Å²) in [5.74, 6) is 0.368. The Hall–Kier alpha value is -1.18. The fourth-order valence-corrected chi connectivity index (χ4v) is 4.08. The molecule has 8 heteroatoms. The first-order valence-corrected chi connectivity index (χ1v) is 8.54. The maximum absolute atomic E-state index is 12.5. The zero-order chi connectivity index (χ0) is 15.6. The molecule has 21 heavy (non-hydrogen) atoms. The molecule has 0 radical (unpaired) electrons. The Morgan fingerprint density at radius 2 is 2.00 bits per heavy atom. The molecule has 1 aliphatic carbocycles. The van der Waals surface area contributed by atoms with Gasteiger partial charge in [0.1, 0.15) is 5.02 Å². The monoisotopic (exact) mass is 332 g/mol. The van der Waals surface area contributed by atoms with Gasteiger partial charge < -0.3 is 0 Å². The van der Waals surface area contributed by atoms with Crippen LogP contribution in [0.4, 0.5) is 5.69 Å². The van der Waals surface area contributed by atoms with Gasteiger partial charge in [0, 0.05) is 19.7 Å². The topological polar surface area (TPSA) is 80.5 Å². The molecule has 0 amide bonds. The second-order valence-electron chi connectivity index (χ2n) is 5.31. The van der Waals surface area contributed by atoms with E-state index in [1.807, 2.05) is 0 Å². The van der Waals surface area contributed by atoms with Crippen molar-refractivity contribution in [3.05, 3.63) is 33.3 Å². The first-order valence-electron chi connectivity index (χ1n) is 6.72. The van der Waals surface area contributed by atoms with Crippen LogP contribution < -0.4 is 0 Å². The molecule has 0 heterocycles. The van der Waals surface area contributed by atoms with Crippen molar-refractivity contribution in [2.75, 3.05) is 13.6 Å². The van der Waals surface area contributed by atoms with Gasteiger partial charge in [-0.25, -0.2) is 12.7 Å². The van der Waals surface area contributed by atoms with Crippen molar-refractivity contribution in [1.82, 2.24) is 4.31 Å². The molecule has 0 saturated heterocycles. The lowest BCUT2D eigenvalue weighted by Crippen LogP contribution is -2.31. The average molecular weight is 333 g/mol. The van der Waals surface area contributed by atoms with Gasteiger partial charge in [0.05, 0.1) is 9.82 Å². The number of benzene rings is 1. The van der Waals surface area contributed by atoms with Crippen molar-refractivity contribution in [1.29, 1.82) is 0 Å². The summed E-state index contributed by atoms with van der Waals surface area (Å²) in [5, 5.41) is 10.8. The number of halogens is 1. The average Bonchev–Trinajstić information content (AvgIpc) is 2.91. The lowest BCUT2D eigenvalue weighted by molar-refractivity contribution is -0.384. The fourth-order valence-electron chi connectivity index (χ4n) is 2.63. The van der Waals surface area contributed by atoms with E-state index in [2.05, 4.69) is 0 Å². The molecular weight excluding hydrogens is 316 g/mol. The number of sulfonamides is 1. The van der Waals surface area contributed by atoms with Gasteiger partial charge in [-0.2, -0.15) is 0 Å². The van der Waals surface area contributed by atoms with E-state index in [4.69, 9.17) is 11.6 Å². The van der Waals surface area contributed by atoms with Gasteiger partial charge in [0.25, 0.3) is 5.69 Å². The van der Waals surface area contributed by atoms with Gasteiger partial charge in [0.2, 0.25) is 10.0 Å². The molecule has 1 saturated carbocycles. The molecule has 0 N–H and O–H groups in total. The highest BCUT2D eigenvalue weighted by Gasteiger charge is 2.27. The quantitative estimate of drug-likeness (QED) is 0.613. The molecule has 0 aliphatic heterocycles. The third-order valence-corrected chi connectivity index (χ3v) is 5.95. The summed E-state index contributed by atoms with van der Waals surface area (Å²) >= 11 is 5.71. The Morgan fingerprint density at radius 3 is 2.57 bits per heavy atom. The SMILES string of the molecule is CN(CC1CCCC1)S(=O)(=O)c1ccc(Cl)c([N+](=O)[O-])c1. The molecule has 1 aliphatic rings. The molecule has 6 nitrogen and oxygen atoms in total. The van der Waals surface area contributed by atoms with E-state index in [1.165, 1.54) is 23.5 Å². The van der Waals surface area contributed by atoms with Crippen LogP contribution in [0.25, 0.3) is 0 Å². The van der Waals surface area contributed by atoms with E-state index >= 15 is 0 Å². The zero-order valence-electron chi connectivity index (χ0n) is 11.7. The minimum atomic E-state index is -3.73. The van der Waals surface area contributed by atoms with Gasteiger partial charge in [-0.05, 0) is 30.9 Å². The highest BCUT2D eigenvalue weighted by atomic mass is 35.5. The van der Waals surface area contributed by atoms with Crippen LogP contribution in [0.5, 0.6) is 0 Å². The molecule has 0 bridgehead atoms. The van der Waals surface area contributed by atoms with Crippen molar-refractivity contribution in [3.63, 3.8) is 0 Å². The van der Waals surface area contributed by atoms with Gasteiger partial charge in [-0.15, -0.1) is 0 Å². The molecule has 0 unspecified atom stereocenters. The fraction of sp³-hybridized carbons (Fsp3) is 0.538. The maximum atomic E-state index is 12.5. The first kappa shape index (κ1) is 16.2. The Bertz CT molecular complexity index is 642. The summed E-state index contributed by atoms with van der Waals surface area (Å²) in [4.78, 5) is 10.1. The zero-order valence-corrected chi connectivity index (χ0v) is 13.2. The van der Waals surface area contributed by atoms with Gasteiger partial charge in [-0.1, -0.05) is 24.4 Å². The number of hydrogen-bond donors (Lipinski definition) is 0. The molecule has 1 fully saturated rings. The molecular formula is C13H17ClN2O4S. The highest BCUT2D eigenvalue weighted by molar-refractivity contribution is 7.89. The van der Waals surface area contributed by atoms with Crippen molar-refractivity contribution in [2.24, 2.45) is 5.92 Å². The second kappa shape index (κ2) is 6.29. The predicted molar refractivity (Wildman–Crippen MR) is 79.9 cm³/mol. The third kappa shape index (κ3) is 3.53. The summed E-state index contributed by atoms with van der Waals surface area (Å²) in [6.07, 6.45) is 4.32. The van der Waals surface area contributed by atoms with Gasteiger partial charge >= 0.3 is 0 Å². The van der Waals surface area contributed by atoms with E-state index in [0.29, 0.717) is 12.5 Å². The molecule has 0 aromatic heterocycles. The van der Waals surface area contributed by atoms with Crippen LogP contribution in [-0.4, -0.2) is 31.2 Å². The standard InChI is InChI=1S/C13H17ClN2O4S/c1-15(9-10-4-2-3-5-10)21(19,20)11-6-7-12(14)13(8-11)16(17)18/h6-8,10H,2-5,9H2,1H3. The van der Waals surface area contributed by atoms with Crippen LogP contribution in [-0.2, 0) is 10.0 Å². The maximum Gasteiger partial charge on any atom is 0.289 e. The number of nitro benzene ring substituents is 1. The second-order valence-corrected chi connectivity index (χ2v) is 7.76. The Balaban J connectivity index is 2.26. The summed E-state index contributed by atoms with van der Waals surface area (Å²) in [5.41, 5.74) is -0.396. The lowest BCUT2D eigenvalue weighted by Gasteiger charge is -2.20. The minimum absolute atomic E-state index is 0.0719. The van der Waals surface area contributed by atoms with Crippen LogP contribution >= 0.6 is 11.6 Å². The molecule has 0 atom stereocenters. The largest absolute Gasteiger partial charge is 0.289 e. The summed E-state index contributed by atoms with van der Waals surface area (Å²) in [6.45, 7) is 0.443. The van der Waals surface area contributed by atoms with Gasteiger partial charge in [-0.3, -0.25) is 10.1 Å². The number of nitro groups is 1. The smallest absolute Gasteiger partial charge is 0.258 e. The van der Waals surface area contributed by atoms with Crippen molar-refractivity contribution < 1.29 is 13.3 Å². The van der Waals surface area contributed by atoms with Crippen molar-refractivity contribution >= 4 is 27.3 Å². The van der Waals surface area contributed by atoms with Crippen LogP contribution in [0.3, 0.4) is 0 Å². The molecule has 1 aromatic rings. The number of rotatable bonds is 5. The third-order valence-electron chi connectivity index (χ3n) is 3.81. The first-order chi connectivity index (χ1) is 9.82. The normalized spacial score (nSPS) is 16.5. The summed E-state index contributed by atoms with van der Waals surface area (Å²) < 4.78 is 26.2. The summed E-state index contributed by atoms with van der Waals surface area (Å²) in [7, 11) is -2.22. The van der Waals surface area contributed by atoms with Crippen molar-refractivity contribution in [2.45, 2.75) is 30.6 Å². The van der Waals surface area contributed by atoms with Crippen LogP contribution in [0, 0.1) is 16.0 Å². The lowest BCUT2D eigenvalue weighted by atomic mass is 10.1. The van der Waals surface area contributed by atoms with E-state index < -0.39 is 20.6 Å². The molecule has 116 valence electrons. The van der Waals surface area contributed by atoms with E-state index in [1.54, 1.807) is 0 Å². The number of nitrogens with zero attached hydrogens (tertiary/aromatic N) is 2. The Morgan fingerprint density at radius 1 is 1.38 bits per heavy atom. The predicted octanol–water partition coefficient (Wildman–Crippen LogP) is 3.06. The highest BCUT2D eigenvalue weighted by Crippen LogP contribution is 2.30. The Kier molecular flexibility index (Phi) is 4.85. The van der Waals surface area contributed by atoms with E-state index in [0.717, 1.165) is 31.7 Å². The van der Waals surface area contributed by atoms with E-state index in [9.17, 15) is 18.5 Å². The van der Waals surface area contributed by atoms with Crippen LogP contribution in [0.1, 0.15) is 25.7 Å². The van der Waals surface area contributed by atoms with Gasteiger partial charge in [0.15, 0.2) is 0 Å². The summed E-state index contributed by atoms with van der Waals surface area (Å²) in [6, 6.07) is 3.56. The number of hydrogen-bond acceptors (Lipinski definition) is 4. The van der Waals surface area contributed by atoms with E-state index in [-0.39, 0.29) is 9.92 Å². The van der Waals surface area contributed by atoms with Crippen LogP contribution in [0.15, 0.2) is 23.1 Å². The molecule has 2 rings (SSSR count). The Labute approximate surface area is 128 Å². The minimum Gasteiger partial charge on any atom is -0.258 e.